The van der Waals surface area contributed by atoms with Crippen LogP contribution in [-0.4, -0.2) is 54.3 Å². The number of nitrogens with two attached hydrogens (primary N) is 1. The van der Waals surface area contributed by atoms with Gasteiger partial charge in [0.05, 0.1) is 30.3 Å². The average molecular weight is 489 g/mol. The smallest absolute Gasteiger partial charge is 0.0937 e. The highest BCUT2D eigenvalue weighted by molar-refractivity contribution is 5.26. The van der Waals surface area contributed by atoms with Gasteiger partial charge in [0.2, 0.25) is 0 Å². The van der Waals surface area contributed by atoms with Crippen molar-refractivity contribution < 1.29 is 19.4 Å². The predicted molar refractivity (Wildman–Crippen MR) is 137 cm³/mol. The normalized spacial score (nSPS) is 43.9. The highest BCUT2D eigenvalue weighted by Gasteiger charge is 2.67. The van der Waals surface area contributed by atoms with Crippen molar-refractivity contribution in [3.8, 4) is 0 Å². The molecule has 6 heteroatoms. The molecule has 4 fully saturated rings. The second-order valence-electron chi connectivity index (χ2n) is 12.7. The maximum absolute atomic E-state index is 12.3. The second-order valence-corrected chi connectivity index (χ2v) is 12.7. The second kappa shape index (κ2) is 10.1. The molecule has 9 atom stereocenters. The van der Waals surface area contributed by atoms with Gasteiger partial charge in [-0.3, -0.25) is 0 Å². The molecule has 4 unspecified atom stereocenters. The van der Waals surface area contributed by atoms with Crippen molar-refractivity contribution in [2.45, 2.75) is 102 Å². The monoisotopic (exact) mass is 488 g/mol. The Kier molecular flexibility index (Phi) is 7.42. The number of furan rings is 1. The van der Waals surface area contributed by atoms with Gasteiger partial charge in [-0.15, -0.1) is 0 Å². The summed E-state index contributed by atoms with van der Waals surface area (Å²) >= 11 is 0. The Balaban J connectivity index is 1.18. The summed E-state index contributed by atoms with van der Waals surface area (Å²) in [5.41, 5.74) is 6.46. The summed E-state index contributed by atoms with van der Waals surface area (Å²) in [6.07, 6.45) is 14.9. The van der Waals surface area contributed by atoms with Gasteiger partial charge in [-0.2, -0.15) is 0 Å². The summed E-state index contributed by atoms with van der Waals surface area (Å²) in [7, 11) is 0. The molecule has 1 aromatic heterocycles. The molecule has 0 aliphatic heterocycles. The highest BCUT2D eigenvalue weighted by atomic mass is 16.5. The molecule has 4 saturated carbocycles. The Labute approximate surface area is 211 Å². The zero-order chi connectivity index (χ0) is 24.7. The highest BCUT2D eigenvalue weighted by Crippen LogP contribution is 2.70. The van der Waals surface area contributed by atoms with Gasteiger partial charge < -0.3 is 30.4 Å². The van der Waals surface area contributed by atoms with Crippen LogP contribution in [0.4, 0.5) is 0 Å². The zero-order valence-electron chi connectivity index (χ0n) is 21.9. The van der Waals surface area contributed by atoms with Crippen molar-refractivity contribution in [3.63, 3.8) is 0 Å². The van der Waals surface area contributed by atoms with Crippen molar-refractivity contribution in [2.75, 3.05) is 26.2 Å². The minimum absolute atomic E-state index is 0.0459. The molecule has 6 nitrogen and oxygen atoms in total. The quantitative estimate of drug-likeness (QED) is 0.389. The Hall–Kier alpha value is -0.920. The first-order chi connectivity index (χ1) is 16.8. The van der Waals surface area contributed by atoms with E-state index in [9.17, 15) is 10.2 Å². The van der Waals surface area contributed by atoms with Gasteiger partial charge >= 0.3 is 0 Å². The van der Waals surface area contributed by atoms with E-state index in [2.05, 4.69) is 25.2 Å². The minimum Gasteiger partial charge on any atom is -0.472 e. The predicted octanol–water partition coefficient (Wildman–Crippen LogP) is 4.21. The van der Waals surface area contributed by atoms with E-state index in [-0.39, 0.29) is 5.41 Å². The van der Waals surface area contributed by atoms with E-state index < -0.39 is 11.7 Å². The number of aliphatic hydroxyl groups is 2. The molecule has 4 aliphatic carbocycles. The van der Waals surface area contributed by atoms with Gasteiger partial charge in [0.25, 0.3) is 0 Å². The lowest BCUT2D eigenvalue weighted by atomic mass is 9.43. The van der Waals surface area contributed by atoms with Gasteiger partial charge in [0.1, 0.15) is 0 Å². The zero-order valence-corrected chi connectivity index (χ0v) is 21.9. The van der Waals surface area contributed by atoms with Crippen LogP contribution in [0.1, 0.15) is 89.5 Å². The summed E-state index contributed by atoms with van der Waals surface area (Å²) in [5, 5.41) is 25.1. The van der Waals surface area contributed by atoms with E-state index in [4.69, 9.17) is 14.9 Å². The van der Waals surface area contributed by atoms with Crippen LogP contribution < -0.4 is 11.1 Å². The van der Waals surface area contributed by atoms with E-state index in [1.807, 2.05) is 6.26 Å². The molecule has 1 aromatic rings. The number of nitrogens with one attached hydrogen (secondary N) is 1. The van der Waals surface area contributed by atoms with Crippen LogP contribution in [-0.2, 0) is 4.74 Å². The molecule has 0 radical (unpaired) electrons. The van der Waals surface area contributed by atoms with Crippen LogP contribution in [0.3, 0.4) is 0 Å². The van der Waals surface area contributed by atoms with Crippen LogP contribution in [0.15, 0.2) is 23.0 Å². The largest absolute Gasteiger partial charge is 0.472 e. The van der Waals surface area contributed by atoms with Gasteiger partial charge in [0.15, 0.2) is 0 Å². The van der Waals surface area contributed by atoms with Gasteiger partial charge in [-0.1, -0.05) is 13.8 Å². The lowest BCUT2D eigenvalue weighted by Crippen LogP contribution is -2.62. The fourth-order valence-electron chi connectivity index (χ4n) is 9.14. The van der Waals surface area contributed by atoms with Crippen molar-refractivity contribution in [1.82, 2.24) is 5.32 Å². The SMILES string of the molecule is C[C@]12CCC(OCCCNCC(O)CN)CC1CC[C@@H]1[C@H]2CC[C@]2(C)C(c3ccoc3)CC[C@@]12O. The third-order valence-electron chi connectivity index (χ3n) is 11.3. The Morgan fingerprint density at radius 2 is 2.00 bits per heavy atom. The van der Waals surface area contributed by atoms with Gasteiger partial charge in [0, 0.05) is 25.1 Å². The lowest BCUT2D eigenvalue weighted by molar-refractivity contribution is -0.207. The molecule has 35 heavy (non-hydrogen) atoms. The first kappa shape index (κ1) is 25.7. The molecular weight excluding hydrogens is 440 g/mol. The fraction of sp³-hybridized carbons (Fsp3) is 0.862. The third kappa shape index (κ3) is 4.41. The van der Waals surface area contributed by atoms with E-state index in [0.717, 1.165) is 51.7 Å². The van der Waals surface area contributed by atoms with Crippen LogP contribution in [0, 0.1) is 28.6 Å². The first-order valence-electron chi connectivity index (χ1n) is 14.3. The fourth-order valence-corrected chi connectivity index (χ4v) is 9.14. The molecule has 0 saturated heterocycles. The molecule has 198 valence electrons. The Morgan fingerprint density at radius 3 is 2.77 bits per heavy atom. The minimum atomic E-state index is -0.552. The number of rotatable bonds is 9. The van der Waals surface area contributed by atoms with Crippen molar-refractivity contribution >= 4 is 0 Å². The van der Waals surface area contributed by atoms with E-state index in [1.165, 1.54) is 31.2 Å². The summed E-state index contributed by atoms with van der Waals surface area (Å²) < 4.78 is 11.8. The van der Waals surface area contributed by atoms with E-state index >= 15 is 0 Å². The molecule has 0 bridgehead atoms. The Bertz CT molecular complexity index is 833. The lowest BCUT2D eigenvalue weighted by Gasteiger charge is -2.63. The van der Waals surface area contributed by atoms with Crippen molar-refractivity contribution in [1.29, 1.82) is 0 Å². The topological polar surface area (TPSA) is 101 Å². The summed E-state index contributed by atoms with van der Waals surface area (Å²) in [5.74, 6) is 2.17. The molecule has 5 rings (SSSR count). The molecule has 0 amide bonds. The maximum Gasteiger partial charge on any atom is 0.0937 e. The average Bonchev–Trinajstić information content (AvgIpc) is 3.47. The summed E-state index contributed by atoms with van der Waals surface area (Å²) in [4.78, 5) is 0. The molecule has 0 aromatic carbocycles. The summed E-state index contributed by atoms with van der Waals surface area (Å²) in [6, 6.07) is 2.12. The van der Waals surface area contributed by atoms with E-state index in [0.29, 0.717) is 48.3 Å². The first-order valence-corrected chi connectivity index (χ1v) is 14.3. The number of aliphatic hydroxyl groups excluding tert-OH is 1. The molecule has 5 N–H and O–H groups in total. The molecule has 1 heterocycles. The Morgan fingerprint density at radius 1 is 1.14 bits per heavy atom. The standard InChI is InChI=1S/C29H48N2O4/c1-27-10-6-23(35-14-3-13-31-18-22(32)17-30)16-21(27)4-5-26-25(27)7-11-28(2)24(8-12-29(26,28)33)20-9-15-34-19-20/h9,15,19,21-26,31-33H,3-8,10-14,16-18,30H2,1-2H3/t21?,22?,23?,24?,25-,26-,27+,28-,29-/m1/s1. The van der Waals surface area contributed by atoms with E-state index in [1.54, 1.807) is 6.26 Å². The number of hydrogen-bond donors (Lipinski definition) is 4. The van der Waals surface area contributed by atoms with Crippen molar-refractivity contribution in [2.24, 2.45) is 34.3 Å². The van der Waals surface area contributed by atoms with Crippen LogP contribution in [0.25, 0.3) is 0 Å². The van der Waals surface area contributed by atoms with Crippen LogP contribution in [0.5, 0.6) is 0 Å². The van der Waals surface area contributed by atoms with Crippen molar-refractivity contribution in [3.05, 3.63) is 24.2 Å². The molecular formula is C29H48N2O4. The van der Waals surface area contributed by atoms with Crippen LogP contribution >= 0.6 is 0 Å². The third-order valence-corrected chi connectivity index (χ3v) is 11.3. The summed E-state index contributed by atoms with van der Waals surface area (Å²) in [6.45, 7) is 7.40. The van der Waals surface area contributed by atoms with Gasteiger partial charge in [-0.25, -0.2) is 0 Å². The van der Waals surface area contributed by atoms with Gasteiger partial charge in [-0.05, 0) is 111 Å². The van der Waals surface area contributed by atoms with Crippen LogP contribution in [0.2, 0.25) is 0 Å². The molecule has 0 spiro atoms. The number of ether oxygens (including phenoxy) is 1. The maximum atomic E-state index is 12.3. The number of hydrogen-bond acceptors (Lipinski definition) is 6. The molecule has 4 aliphatic rings. The number of fused-ring (bicyclic) bond motifs is 5.